The predicted octanol–water partition coefficient (Wildman–Crippen LogP) is 5.33. The zero-order chi connectivity index (χ0) is 20.4. The molecule has 0 unspecified atom stereocenters. The van der Waals surface area contributed by atoms with Gasteiger partial charge in [-0.1, -0.05) is 42.0 Å². The van der Waals surface area contributed by atoms with E-state index in [1.54, 1.807) is 11.8 Å². The molecule has 2 amide bonds. The molecule has 1 fully saturated rings. The molecule has 0 radical (unpaired) electrons. The Hall–Kier alpha value is -3.05. The molecule has 1 N–H and O–H groups in total. The van der Waals surface area contributed by atoms with Gasteiger partial charge in [0.15, 0.2) is 0 Å². The van der Waals surface area contributed by atoms with Gasteiger partial charge in [-0.3, -0.25) is 14.5 Å². The molecule has 4 nitrogen and oxygen atoms in total. The van der Waals surface area contributed by atoms with E-state index in [2.05, 4.69) is 5.32 Å². The fourth-order valence-corrected chi connectivity index (χ4v) is 4.57. The molecule has 3 aromatic rings. The summed E-state index contributed by atoms with van der Waals surface area (Å²) in [5, 5.41) is 2.85. The van der Waals surface area contributed by atoms with E-state index in [4.69, 9.17) is 0 Å². The third kappa shape index (κ3) is 4.20. The van der Waals surface area contributed by atoms with Crippen LogP contribution < -0.4 is 10.2 Å². The molecule has 0 aromatic heterocycles. The number of hydrogen-bond donors (Lipinski definition) is 1. The Morgan fingerprint density at radius 1 is 0.966 bits per heavy atom. The lowest BCUT2D eigenvalue weighted by atomic mass is 10.1. The first-order chi connectivity index (χ1) is 14.0. The number of nitrogens with one attached hydrogen (secondary N) is 1. The van der Waals surface area contributed by atoms with Crippen molar-refractivity contribution in [2.75, 3.05) is 16.0 Å². The molecule has 1 aliphatic rings. The van der Waals surface area contributed by atoms with Crippen molar-refractivity contribution in [2.24, 2.45) is 0 Å². The Kier molecular flexibility index (Phi) is 5.41. The fourth-order valence-electron chi connectivity index (χ4n) is 3.41. The first-order valence-corrected chi connectivity index (χ1v) is 10.5. The van der Waals surface area contributed by atoms with E-state index in [1.165, 1.54) is 0 Å². The lowest BCUT2D eigenvalue weighted by molar-refractivity contribution is -0.115. The SMILES string of the molecule is Cc1ccc(C(=O)Nc2cccc([C@@H]3SCC(=O)N3c3cccc(C)c3)c2)cc1. The number of benzene rings is 3. The second kappa shape index (κ2) is 8.13. The van der Waals surface area contributed by atoms with Crippen molar-refractivity contribution < 1.29 is 9.59 Å². The number of carbonyl (C=O) groups is 2. The van der Waals surface area contributed by atoms with Crippen LogP contribution in [-0.2, 0) is 4.79 Å². The summed E-state index contributed by atoms with van der Waals surface area (Å²) in [6.45, 7) is 4.01. The van der Waals surface area contributed by atoms with Gasteiger partial charge in [-0.05, 0) is 61.4 Å². The second-order valence-electron chi connectivity index (χ2n) is 7.21. The van der Waals surface area contributed by atoms with Gasteiger partial charge in [-0.25, -0.2) is 0 Å². The highest BCUT2D eigenvalue weighted by atomic mass is 32.2. The first kappa shape index (κ1) is 19.3. The van der Waals surface area contributed by atoms with E-state index in [0.717, 1.165) is 28.1 Å². The molecule has 1 heterocycles. The summed E-state index contributed by atoms with van der Waals surface area (Å²) < 4.78 is 0. The molecule has 146 valence electrons. The summed E-state index contributed by atoms with van der Waals surface area (Å²) in [7, 11) is 0. The van der Waals surface area contributed by atoms with E-state index in [9.17, 15) is 9.59 Å². The molecule has 1 atom stereocenters. The monoisotopic (exact) mass is 402 g/mol. The van der Waals surface area contributed by atoms with Crippen molar-refractivity contribution >= 4 is 35.0 Å². The highest BCUT2D eigenvalue weighted by molar-refractivity contribution is 8.00. The van der Waals surface area contributed by atoms with Crippen LogP contribution in [-0.4, -0.2) is 17.6 Å². The van der Waals surface area contributed by atoms with E-state index in [0.29, 0.717) is 11.3 Å². The Labute approximate surface area is 174 Å². The lowest BCUT2D eigenvalue weighted by Gasteiger charge is -2.25. The zero-order valence-corrected chi connectivity index (χ0v) is 17.2. The second-order valence-corrected chi connectivity index (χ2v) is 8.28. The summed E-state index contributed by atoms with van der Waals surface area (Å²) in [5.74, 6) is 0.394. The van der Waals surface area contributed by atoms with Gasteiger partial charge in [-0.2, -0.15) is 0 Å². The van der Waals surface area contributed by atoms with Crippen molar-refractivity contribution in [3.05, 3.63) is 95.1 Å². The molecule has 1 saturated heterocycles. The average Bonchev–Trinajstić information content (AvgIpc) is 3.10. The summed E-state index contributed by atoms with van der Waals surface area (Å²) in [6, 6.07) is 23.2. The van der Waals surface area contributed by atoms with E-state index in [-0.39, 0.29) is 17.2 Å². The van der Waals surface area contributed by atoms with Crippen molar-refractivity contribution in [1.82, 2.24) is 0 Å². The molecule has 4 rings (SSSR count). The van der Waals surface area contributed by atoms with Crippen LogP contribution in [0.2, 0.25) is 0 Å². The smallest absolute Gasteiger partial charge is 0.255 e. The number of rotatable bonds is 4. The number of amides is 2. The maximum Gasteiger partial charge on any atom is 0.255 e. The molecule has 5 heteroatoms. The summed E-state index contributed by atoms with van der Waals surface area (Å²) in [4.78, 5) is 27.0. The minimum absolute atomic E-state index is 0.0969. The van der Waals surface area contributed by atoms with Crippen molar-refractivity contribution in [1.29, 1.82) is 0 Å². The van der Waals surface area contributed by atoms with E-state index in [1.807, 2.05) is 91.5 Å². The van der Waals surface area contributed by atoms with Crippen LogP contribution in [0.5, 0.6) is 0 Å². The van der Waals surface area contributed by atoms with Crippen molar-refractivity contribution in [3.63, 3.8) is 0 Å². The van der Waals surface area contributed by atoms with Crippen LogP contribution in [0.15, 0.2) is 72.8 Å². The van der Waals surface area contributed by atoms with Gasteiger partial charge in [0.2, 0.25) is 5.91 Å². The molecular formula is C24H22N2O2S. The molecule has 1 aliphatic heterocycles. The molecule has 0 aliphatic carbocycles. The van der Waals surface area contributed by atoms with Crippen LogP contribution in [0.25, 0.3) is 0 Å². The van der Waals surface area contributed by atoms with Gasteiger partial charge in [0.05, 0.1) is 5.75 Å². The third-order valence-electron chi connectivity index (χ3n) is 4.89. The molecule has 0 saturated carbocycles. The minimum atomic E-state index is -0.146. The van der Waals surface area contributed by atoms with Crippen LogP contribution in [0.3, 0.4) is 0 Å². The maximum atomic E-state index is 12.6. The predicted molar refractivity (Wildman–Crippen MR) is 119 cm³/mol. The molecular weight excluding hydrogens is 380 g/mol. The van der Waals surface area contributed by atoms with E-state index >= 15 is 0 Å². The Morgan fingerprint density at radius 3 is 2.48 bits per heavy atom. The minimum Gasteiger partial charge on any atom is -0.322 e. The number of carbonyl (C=O) groups excluding carboxylic acids is 2. The standard InChI is InChI=1S/C24H22N2O2S/c1-16-9-11-18(12-10-16)23(28)25-20-7-4-6-19(14-20)24-26(22(27)15-29-24)21-8-3-5-17(2)13-21/h3-14,24H,15H2,1-2H3,(H,25,28)/t24-/m0/s1. The van der Waals surface area contributed by atoms with Crippen molar-refractivity contribution in [2.45, 2.75) is 19.2 Å². The maximum absolute atomic E-state index is 12.6. The van der Waals surface area contributed by atoms with Gasteiger partial charge in [0.1, 0.15) is 5.37 Å². The van der Waals surface area contributed by atoms with E-state index < -0.39 is 0 Å². The van der Waals surface area contributed by atoms with Crippen LogP contribution in [0, 0.1) is 13.8 Å². The van der Waals surface area contributed by atoms with Gasteiger partial charge in [-0.15, -0.1) is 11.8 Å². The fraction of sp³-hybridized carbons (Fsp3) is 0.167. The van der Waals surface area contributed by atoms with Gasteiger partial charge >= 0.3 is 0 Å². The number of anilines is 2. The summed E-state index contributed by atoms with van der Waals surface area (Å²) >= 11 is 1.60. The van der Waals surface area contributed by atoms with Crippen molar-refractivity contribution in [3.8, 4) is 0 Å². The number of thioether (sulfide) groups is 1. The first-order valence-electron chi connectivity index (χ1n) is 9.49. The number of hydrogen-bond acceptors (Lipinski definition) is 3. The van der Waals surface area contributed by atoms with Crippen LogP contribution in [0.1, 0.15) is 32.4 Å². The largest absolute Gasteiger partial charge is 0.322 e. The third-order valence-corrected chi connectivity index (χ3v) is 6.10. The average molecular weight is 403 g/mol. The Bertz CT molecular complexity index is 1060. The van der Waals surface area contributed by atoms with Crippen LogP contribution in [0.4, 0.5) is 11.4 Å². The number of nitrogens with zero attached hydrogens (tertiary/aromatic N) is 1. The number of aryl methyl sites for hydroxylation is 2. The quantitative estimate of drug-likeness (QED) is 0.641. The molecule has 0 spiro atoms. The topological polar surface area (TPSA) is 49.4 Å². The molecule has 29 heavy (non-hydrogen) atoms. The van der Waals surface area contributed by atoms with Gasteiger partial charge in [0, 0.05) is 16.9 Å². The summed E-state index contributed by atoms with van der Waals surface area (Å²) in [5.41, 5.74) is 5.46. The normalized spacial score (nSPS) is 16.1. The Morgan fingerprint density at radius 2 is 1.72 bits per heavy atom. The summed E-state index contributed by atoms with van der Waals surface area (Å²) in [6.07, 6.45) is 0. The highest BCUT2D eigenvalue weighted by Crippen LogP contribution is 2.42. The van der Waals surface area contributed by atoms with Crippen LogP contribution >= 0.6 is 11.8 Å². The van der Waals surface area contributed by atoms with Gasteiger partial charge in [0.25, 0.3) is 5.91 Å². The zero-order valence-electron chi connectivity index (χ0n) is 16.4. The highest BCUT2D eigenvalue weighted by Gasteiger charge is 2.34. The molecule has 0 bridgehead atoms. The molecule has 3 aromatic carbocycles. The lowest BCUT2D eigenvalue weighted by Crippen LogP contribution is -2.27. The van der Waals surface area contributed by atoms with Gasteiger partial charge < -0.3 is 5.32 Å². The Balaban J connectivity index is 1.58.